The van der Waals surface area contributed by atoms with Gasteiger partial charge in [0.25, 0.3) is 0 Å². The first kappa shape index (κ1) is 112. The second kappa shape index (κ2) is 78.7. The number of ether oxygens (including phenoxy) is 6. The quantitative estimate of drug-likeness (QED) is 0.0143. The normalized spacial score (nSPS) is 17.0. The Labute approximate surface area is 715 Å². The lowest BCUT2D eigenvalue weighted by Crippen LogP contribution is -2.66. The van der Waals surface area contributed by atoms with Gasteiger partial charge in [-0.05, 0) is 64.2 Å². The summed E-state index contributed by atoms with van der Waals surface area (Å²) in [7, 11) is -5.53. The van der Waals surface area contributed by atoms with Crippen molar-refractivity contribution in [3.05, 3.63) is 0 Å². The summed E-state index contributed by atoms with van der Waals surface area (Å²) in [6.07, 6.45) is 57.2. The van der Waals surface area contributed by atoms with Crippen LogP contribution in [0.5, 0.6) is 0 Å². The van der Waals surface area contributed by atoms with Crippen LogP contribution in [0.25, 0.3) is 0 Å². The van der Waals surface area contributed by atoms with Crippen molar-refractivity contribution in [3.8, 4) is 0 Å². The van der Waals surface area contributed by atoms with Gasteiger partial charge in [-0.15, -0.1) is 0 Å². The third kappa shape index (κ3) is 65.1. The summed E-state index contributed by atoms with van der Waals surface area (Å²) in [5.41, 5.74) is -1.24. The minimum Gasteiger partial charge on any atom is -0.462 e. The maximum absolute atomic E-state index is 15.1. The molecule has 6 N–H and O–H groups in total. The van der Waals surface area contributed by atoms with Crippen LogP contribution < -0.4 is 10.6 Å². The Kier molecular flexibility index (Phi) is 75.2. The highest BCUT2D eigenvalue weighted by Crippen LogP contribution is 2.43. The average Bonchev–Trinajstić information content (AvgIpc) is 0.777. The van der Waals surface area contributed by atoms with Gasteiger partial charge in [-0.3, -0.25) is 33.3 Å². The summed E-state index contributed by atoms with van der Waals surface area (Å²) in [5.74, 6) is -3.26. The van der Waals surface area contributed by atoms with Gasteiger partial charge in [-0.1, -0.05) is 395 Å². The lowest BCUT2D eigenvalue weighted by Gasteiger charge is -2.46. The number of phosphoric ester groups is 1. The predicted octanol–water partition coefficient (Wildman–Crippen LogP) is 24.9. The van der Waals surface area contributed by atoms with Gasteiger partial charge >= 0.3 is 31.7 Å². The number of carbonyl (C=O) groups excluding carboxylic acids is 6. The lowest BCUT2D eigenvalue weighted by atomic mass is 9.86. The number of esters is 4. The fraction of sp³-hybridized carbons (Fsp3) is 0.938. The van der Waals surface area contributed by atoms with Crippen molar-refractivity contribution in [1.29, 1.82) is 0 Å². The number of nitrogens with one attached hydrogen (secondary N) is 2. The number of amides is 2. The highest BCUT2D eigenvalue weighted by Gasteiger charge is 2.53. The molecule has 2 amide bonds. The highest BCUT2D eigenvalue weighted by molar-refractivity contribution is 7.46. The first-order valence-corrected chi connectivity index (χ1v) is 51.0. The van der Waals surface area contributed by atoms with E-state index in [-0.39, 0.29) is 57.6 Å². The van der Waals surface area contributed by atoms with E-state index in [2.05, 4.69) is 52.2 Å². The summed E-state index contributed by atoms with van der Waals surface area (Å²) in [4.78, 5) is 107. The van der Waals surface area contributed by atoms with Gasteiger partial charge < -0.3 is 59.1 Å². The number of rotatable bonds is 87. The summed E-state index contributed by atoms with van der Waals surface area (Å²) >= 11 is 0. The number of carbonyl (C=O) groups is 6. The molecule has 0 radical (unpaired) electrons. The summed E-state index contributed by atoms with van der Waals surface area (Å²) < 4.78 is 56.4. The summed E-state index contributed by atoms with van der Waals surface area (Å²) in [6, 6.07) is -1.65. The minimum atomic E-state index is -5.53. The van der Waals surface area contributed by atoms with E-state index < -0.39 is 112 Å². The zero-order chi connectivity index (χ0) is 85.8. The fourth-order valence-corrected chi connectivity index (χ4v) is 16.7. The smallest absolute Gasteiger partial charge is 0.462 e. The van der Waals surface area contributed by atoms with Gasteiger partial charge in [0.05, 0.1) is 39.1 Å². The van der Waals surface area contributed by atoms with Crippen molar-refractivity contribution < 1.29 is 86.3 Å². The summed E-state index contributed by atoms with van der Waals surface area (Å²) in [6.45, 7) is 13.1. The van der Waals surface area contributed by atoms with Crippen LogP contribution in [0.2, 0.25) is 0 Å². The molecule has 9 atom stereocenters. The zero-order valence-corrected chi connectivity index (χ0v) is 77.3. The average molecular weight is 1680 g/mol. The Morgan fingerprint density at radius 3 is 0.932 bits per heavy atom. The molecule has 1 fully saturated rings. The molecule has 690 valence electrons. The molecule has 1 rings (SSSR count). The molecule has 1 aliphatic rings. The Morgan fingerprint density at radius 1 is 0.368 bits per heavy atom. The molecule has 0 aromatic rings. The number of aliphatic hydroxyl groups is 2. The highest BCUT2D eigenvalue weighted by atomic mass is 31.2. The van der Waals surface area contributed by atoms with E-state index >= 15 is 4.79 Å². The van der Waals surface area contributed by atoms with Gasteiger partial charge in [-0.25, -0.2) is 4.57 Å². The SMILES string of the molecule is CCCCCCCCCCCCCC(=O)O[C@H](CCCCCCCCCCC)CC(=O)NCC(CC)(CO)COC1OC(CO)[C@@H](OP(=O)(O)O)C(OC(=O)C[C@@H](CCCCCCCCCCC)OC(=O)CCCCCCCCCCCCC)[C@@H]1NC(=O)C[C@@H](CCCCCCCCCCC)OC(=O)CCCCCCCCCCCCC. The second-order valence-electron chi connectivity index (χ2n) is 35.1. The van der Waals surface area contributed by atoms with E-state index in [1.54, 1.807) is 0 Å². The van der Waals surface area contributed by atoms with Crippen LogP contribution in [0, 0.1) is 5.41 Å². The lowest BCUT2D eigenvalue weighted by molar-refractivity contribution is -0.278. The molecule has 0 aromatic heterocycles. The van der Waals surface area contributed by atoms with Crippen molar-refractivity contribution in [2.45, 2.75) is 547 Å². The maximum Gasteiger partial charge on any atom is 0.470 e. The van der Waals surface area contributed by atoms with Crippen molar-refractivity contribution >= 4 is 43.5 Å². The monoisotopic (exact) mass is 1680 g/mol. The summed E-state index contributed by atoms with van der Waals surface area (Å²) in [5, 5.41) is 28.5. The molecule has 0 saturated carbocycles. The van der Waals surface area contributed by atoms with Crippen LogP contribution in [0.1, 0.15) is 498 Å². The van der Waals surface area contributed by atoms with Gasteiger partial charge in [0.1, 0.15) is 36.6 Å². The molecule has 1 heterocycles. The number of aliphatic hydroxyl groups excluding tert-OH is 2. The molecule has 4 unspecified atom stereocenters. The maximum atomic E-state index is 15.1. The second-order valence-corrected chi connectivity index (χ2v) is 36.3. The fourth-order valence-electron chi connectivity index (χ4n) is 16.1. The van der Waals surface area contributed by atoms with E-state index in [0.717, 1.165) is 167 Å². The predicted molar refractivity (Wildman–Crippen MR) is 476 cm³/mol. The van der Waals surface area contributed by atoms with Gasteiger partial charge in [0.15, 0.2) is 12.4 Å². The molecule has 117 heavy (non-hydrogen) atoms. The van der Waals surface area contributed by atoms with Gasteiger partial charge in [0, 0.05) is 31.2 Å². The third-order valence-corrected chi connectivity index (χ3v) is 24.5. The Hall–Kier alpha value is -3.23. The van der Waals surface area contributed by atoms with E-state index in [0.29, 0.717) is 51.4 Å². The molecule has 0 aliphatic carbocycles. The van der Waals surface area contributed by atoms with Crippen LogP contribution in [-0.2, 0) is 66.3 Å². The molecule has 1 aliphatic heterocycles. The Bertz CT molecular complexity index is 2380. The number of unbranched alkanes of at least 4 members (excludes halogenated alkanes) is 54. The van der Waals surface area contributed by atoms with Crippen LogP contribution in [0.4, 0.5) is 0 Å². The molecule has 1 saturated heterocycles. The topological polar surface area (TPSA) is 289 Å². The van der Waals surface area contributed by atoms with Crippen LogP contribution >= 0.6 is 7.82 Å². The zero-order valence-electron chi connectivity index (χ0n) is 76.4. The first-order chi connectivity index (χ1) is 56.9. The molecule has 20 nitrogen and oxygen atoms in total. The van der Waals surface area contributed by atoms with Gasteiger partial charge in [0.2, 0.25) is 11.8 Å². The first-order valence-electron chi connectivity index (χ1n) is 49.4. The standard InChI is InChI=1S/C96H183N2O18P/c1-8-15-21-27-33-39-42-48-54-60-66-72-88(103)111-82(69-63-57-51-45-36-30-24-18-11-4)75-86(101)97-79-96(14-7,80-100)81-110-95-92(98-87(102)76-83(70-64-58-52-46-37-31-25-19-12-5)112-89(104)73-67-61-55-49-43-40-34-28-22-16-9-2)94(93(85(78-99)114-95)116-117(107,108)109)115-91(106)77-84(71-65-59-53-47-38-32-26-20-13-6)113-90(105)74-68-62-56-50-44-41-35-29-23-17-10-3/h82-85,92-95,99-100H,8-81H2,1-7H3,(H,97,101)(H,98,102)(H2,107,108,109)/t82-,83-,84-,85?,92+,93-,94?,95?,96?/m1/s1. The van der Waals surface area contributed by atoms with Crippen LogP contribution in [0.3, 0.4) is 0 Å². The van der Waals surface area contributed by atoms with E-state index in [1.165, 1.54) is 186 Å². The van der Waals surface area contributed by atoms with Crippen molar-refractivity contribution in [2.75, 3.05) is 26.4 Å². The number of hydrogen-bond donors (Lipinski definition) is 6. The van der Waals surface area contributed by atoms with Crippen molar-refractivity contribution in [2.24, 2.45) is 5.41 Å². The molecule has 0 spiro atoms. The Morgan fingerprint density at radius 2 is 0.650 bits per heavy atom. The van der Waals surface area contributed by atoms with Crippen LogP contribution in [-0.4, -0.2) is 131 Å². The van der Waals surface area contributed by atoms with E-state index in [1.807, 2.05) is 6.92 Å². The van der Waals surface area contributed by atoms with Crippen molar-refractivity contribution in [1.82, 2.24) is 10.6 Å². The third-order valence-electron chi connectivity index (χ3n) is 23.9. The van der Waals surface area contributed by atoms with E-state index in [9.17, 15) is 48.5 Å². The molecule has 21 heteroatoms. The Balaban J connectivity index is 3.84. The van der Waals surface area contributed by atoms with Crippen molar-refractivity contribution in [3.63, 3.8) is 0 Å². The largest absolute Gasteiger partial charge is 0.470 e. The minimum absolute atomic E-state index is 0.105. The van der Waals surface area contributed by atoms with Gasteiger partial charge in [-0.2, -0.15) is 0 Å². The number of phosphoric acid groups is 1. The molecular weight excluding hydrogens is 1500 g/mol. The molecule has 0 aromatic carbocycles. The van der Waals surface area contributed by atoms with E-state index in [4.69, 9.17) is 32.9 Å². The number of hydrogen-bond acceptors (Lipinski definition) is 16. The molecule has 0 bridgehead atoms. The van der Waals surface area contributed by atoms with Crippen LogP contribution in [0.15, 0.2) is 0 Å². The molecular formula is C96H183N2O18P.